The Kier molecular flexibility index (Phi) is 7.83. The van der Waals surface area contributed by atoms with E-state index in [0.29, 0.717) is 24.3 Å². The lowest BCUT2D eigenvalue weighted by Crippen LogP contribution is -2.55. The number of para-hydroxylation sites is 2. The number of anilines is 1. The van der Waals surface area contributed by atoms with E-state index >= 15 is 0 Å². The molecule has 32 heavy (non-hydrogen) atoms. The number of amides is 1. The molecule has 170 valence electrons. The number of fused-ring (bicyclic) bond motifs is 1. The van der Waals surface area contributed by atoms with Gasteiger partial charge in [0.25, 0.3) is 0 Å². The molecule has 0 saturated carbocycles. The van der Waals surface area contributed by atoms with E-state index in [1.165, 1.54) is 4.90 Å². The normalized spacial score (nSPS) is 16.5. The lowest BCUT2D eigenvalue weighted by atomic mass is 10.0. The Balaban J connectivity index is 1.79. The van der Waals surface area contributed by atoms with Crippen LogP contribution in [-0.2, 0) is 25.5 Å². The third kappa shape index (κ3) is 5.85. The van der Waals surface area contributed by atoms with Crippen LogP contribution in [0.15, 0.2) is 48.5 Å². The molecule has 8 heteroatoms. The monoisotopic (exact) mass is 440 g/mol. The van der Waals surface area contributed by atoms with Gasteiger partial charge in [0.1, 0.15) is 31.0 Å². The van der Waals surface area contributed by atoms with Crippen molar-refractivity contribution in [2.75, 3.05) is 24.7 Å². The minimum absolute atomic E-state index is 0.0353. The van der Waals surface area contributed by atoms with E-state index in [-0.39, 0.29) is 13.2 Å². The van der Waals surface area contributed by atoms with E-state index in [1.807, 2.05) is 31.2 Å². The molecule has 2 aromatic rings. The highest BCUT2D eigenvalue weighted by Crippen LogP contribution is 2.31. The standard InChI is InChI=1S/C24H28N2O6/c1-3-31-24(30)18(13-12-17-10-8-16(2)9-11-17)25-19-15-32-21-7-5-4-6-20(21)26(23(19)29)14-22(27)28/h4-11,18-19,25H,3,12-15H2,1-2H3,(H,27,28)/t18-,19?/m0/s1. The summed E-state index contributed by atoms with van der Waals surface area (Å²) < 4.78 is 11.0. The molecule has 0 radical (unpaired) electrons. The quantitative estimate of drug-likeness (QED) is 0.577. The SMILES string of the molecule is CCOC(=O)[C@H](CCc1ccc(C)cc1)NC1COc2ccccc2N(CC(=O)O)C1=O. The summed E-state index contributed by atoms with van der Waals surface area (Å²) in [5, 5.41) is 12.4. The zero-order valence-corrected chi connectivity index (χ0v) is 18.2. The van der Waals surface area contributed by atoms with Gasteiger partial charge in [-0.15, -0.1) is 0 Å². The number of carbonyl (C=O) groups is 3. The predicted molar refractivity (Wildman–Crippen MR) is 119 cm³/mol. The van der Waals surface area contributed by atoms with Crippen LogP contribution in [-0.4, -0.2) is 54.8 Å². The first-order chi connectivity index (χ1) is 15.4. The molecule has 0 aromatic heterocycles. The van der Waals surface area contributed by atoms with E-state index in [1.54, 1.807) is 31.2 Å². The second-order valence-corrected chi connectivity index (χ2v) is 7.65. The van der Waals surface area contributed by atoms with E-state index in [4.69, 9.17) is 9.47 Å². The summed E-state index contributed by atoms with van der Waals surface area (Å²) in [6.45, 7) is 3.40. The number of nitrogens with zero attached hydrogens (tertiary/aromatic N) is 1. The van der Waals surface area contributed by atoms with E-state index in [0.717, 1.165) is 11.1 Å². The number of benzene rings is 2. The van der Waals surface area contributed by atoms with E-state index in [2.05, 4.69) is 5.32 Å². The Hall–Kier alpha value is -3.39. The van der Waals surface area contributed by atoms with Crippen molar-refractivity contribution in [3.63, 3.8) is 0 Å². The number of nitrogens with one attached hydrogen (secondary N) is 1. The molecule has 1 aliphatic heterocycles. The first kappa shape index (κ1) is 23.3. The molecule has 0 aliphatic carbocycles. The van der Waals surface area contributed by atoms with Gasteiger partial charge in [0.2, 0.25) is 5.91 Å². The van der Waals surface area contributed by atoms with Gasteiger partial charge in [-0.05, 0) is 44.4 Å². The maximum atomic E-state index is 13.2. The van der Waals surface area contributed by atoms with Crippen molar-refractivity contribution in [2.24, 2.45) is 0 Å². The van der Waals surface area contributed by atoms with Crippen LogP contribution in [0.5, 0.6) is 5.75 Å². The van der Waals surface area contributed by atoms with E-state index < -0.39 is 36.5 Å². The number of esters is 1. The van der Waals surface area contributed by atoms with Crippen molar-refractivity contribution in [2.45, 2.75) is 38.8 Å². The Morgan fingerprint density at radius 3 is 2.62 bits per heavy atom. The number of carboxylic acid groups (broad SMARTS) is 1. The highest BCUT2D eigenvalue weighted by atomic mass is 16.5. The molecule has 1 aliphatic rings. The maximum absolute atomic E-state index is 13.2. The number of aliphatic carboxylic acids is 1. The average Bonchev–Trinajstić information content (AvgIpc) is 2.89. The fourth-order valence-electron chi connectivity index (χ4n) is 3.59. The number of carbonyl (C=O) groups excluding carboxylic acids is 2. The minimum atomic E-state index is -1.14. The smallest absolute Gasteiger partial charge is 0.323 e. The third-order valence-corrected chi connectivity index (χ3v) is 5.23. The van der Waals surface area contributed by atoms with Gasteiger partial charge in [-0.25, -0.2) is 0 Å². The van der Waals surface area contributed by atoms with Crippen LogP contribution in [0.3, 0.4) is 0 Å². The molecule has 8 nitrogen and oxygen atoms in total. The number of carboxylic acids is 1. The Morgan fingerprint density at radius 1 is 1.22 bits per heavy atom. The molecule has 0 fully saturated rings. The molecule has 0 bridgehead atoms. The molecule has 1 amide bonds. The molecule has 1 heterocycles. The second kappa shape index (κ2) is 10.8. The summed E-state index contributed by atoms with van der Waals surface area (Å²) in [6.07, 6.45) is 1.02. The molecule has 1 unspecified atom stereocenters. The van der Waals surface area contributed by atoms with Crippen molar-refractivity contribution >= 4 is 23.5 Å². The van der Waals surface area contributed by atoms with Gasteiger partial charge in [-0.1, -0.05) is 42.0 Å². The van der Waals surface area contributed by atoms with E-state index in [9.17, 15) is 19.5 Å². The van der Waals surface area contributed by atoms with Gasteiger partial charge >= 0.3 is 11.9 Å². The number of aryl methyl sites for hydroxylation is 2. The van der Waals surface area contributed by atoms with Gasteiger partial charge in [-0.2, -0.15) is 0 Å². The van der Waals surface area contributed by atoms with Gasteiger partial charge < -0.3 is 14.6 Å². The van der Waals surface area contributed by atoms with Gasteiger partial charge in [0, 0.05) is 0 Å². The topological polar surface area (TPSA) is 105 Å². The van der Waals surface area contributed by atoms with Crippen molar-refractivity contribution in [1.82, 2.24) is 5.32 Å². The molecule has 2 atom stereocenters. The highest BCUT2D eigenvalue weighted by Gasteiger charge is 2.35. The predicted octanol–water partition coefficient (Wildman–Crippen LogP) is 2.33. The number of rotatable bonds is 9. The summed E-state index contributed by atoms with van der Waals surface area (Å²) in [5.41, 5.74) is 2.60. The molecular weight excluding hydrogens is 412 g/mol. The van der Waals surface area contributed by atoms with Crippen LogP contribution in [0.1, 0.15) is 24.5 Å². The summed E-state index contributed by atoms with van der Waals surface area (Å²) in [6, 6.07) is 13.1. The number of ether oxygens (including phenoxy) is 2. The fraction of sp³-hybridized carbons (Fsp3) is 0.375. The van der Waals surface area contributed by atoms with Crippen molar-refractivity contribution in [3.8, 4) is 5.75 Å². The lowest BCUT2D eigenvalue weighted by Gasteiger charge is -2.26. The van der Waals surface area contributed by atoms with Crippen LogP contribution in [0.4, 0.5) is 5.69 Å². The van der Waals surface area contributed by atoms with Crippen molar-refractivity contribution in [3.05, 3.63) is 59.7 Å². The van der Waals surface area contributed by atoms with Crippen LogP contribution < -0.4 is 15.0 Å². The minimum Gasteiger partial charge on any atom is -0.489 e. The molecule has 2 N–H and O–H groups in total. The summed E-state index contributed by atoms with van der Waals surface area (Å²) in [4.78, 5) is 38.4. The number of hydrogen-bond donors (Lipinski definition) is 2. The van der Waals surface area contributed by atoms with Gasteiger partial charge in [-0.3, -0.25) is 24.6 Å². The Morgan fingerprint density at radius 2 is 1.94 bits per heavy atom. The maximum Gasteiger partial charge on any atom is 0.323 e. The first-order valence-electron chi connectivity index (χ1n) is 10.6. The average molecular weight is 440 g/mol. The summed E-state index contributed by atoms with van der Waals surface area (Å²) in [7, 11) is 0. The second-order valence-electron chi connectivity index (χ2n) is 7.65. The first-order valence-corrected chi connectivity index (χ1v) is 10.6. The summed E-state index contributed by atoms with van der Waals surface area (Å²) in [5.74, 6) is -1.66. The fourth-order valence-corrected chi connectivity index (χ4v) is 3.59. The summed E-state index contributed by atoms with van der Waals surface area (Å²) >= 11 is 0. The van der Waals surface area contributed by atoms with Crippen LogP contribution in [0.2, 0.25) is 0 Å². The zero-order chi connectivity index (χ0) is 23.1. The Bertz CT molecular complexity index is 959. The Labute approximate surface area is 187 Å². The largest absolute Gasteiger partial charge is 0.489 e. The molecule has 0 spiro atoms. The van der Waals surface area contributed by atoms with Crippen LogP contribution in [0, 0.1) is 6.92 Å². The van der Waals surface area contributed by atoms with Gasteiger partial charge in [0.15, 0.2) is 0 Å². The molecule has 0 saturated heterocycles. The lowest BCUT2D eigenvalue weighted by molar-refractivity contribution is -0.146. The zero-order valence-electron chi connectivity index (χ0n) is 18.2. The highest BCUT2D eigenvalue weighted by molar-refractivity contribution is 6.02. The van der Waals surface area contributed by atoms with Gasteiger partial charge in [0.05, 0.1) is 12.3 Å². The van der Waals surface area contributed by atoms with Crippen molar-refractivity contribution < 1.29 is 29.0 Å². The van der Waals surface area contributed by atoms with Crippen molar-refractivity contribution in [1.29, 1.82) is 0 Å². The molecule has 3 rings (SSSR count). The third-order valence-electron chi connectivity index (χ3n) is 5.23. The molecule has 2 aromatic carbocycles. The van der Waals surface area contributed by atoms with Crippen LogP contribution in [0.25, 0.3) is 0 Å². The van der Waals surface area contributed by atoms with Crippen LogP contribution >= 0.6 is 0 Å². The number of hydrogen-bond acceptors (Lipinski definition) is 6. The molecular formula is C24H28N2O6.